The highest BCUT2D eigenvalue weighted by Gasteiger charge is 2.28. The van der Waals surface area contributed by atoms with Crippen molar-refractivity contribution in [3.05, 3.63) is 23.8 Å². The van der Waals surface area contributed by atoms with Crippen molar-refractivity contribution in [2.24, 2.45) is 0 Å². The van der Waals surface area contributed by atoms with E-state index in [1.807, 2.05) is 18.2 Å². The number of amides is 1. The van der Waals surface area contributed by atoms with Gasteiger partial charge in [-0.3, -0.25) is 10.2 Å². The fraction of sp³-hybridized carbons (Fsp3) is 0.562. The Morgan fingerprint density at radius 2 is 2.10 bits per heavy atom. The lowest BCUT2D eigenvalue weighted by molar-refractivity contribution is 0.0367. The van der Waals surface area contributed by atoms with E-state index in [2.05, 4.69) is 29.6 Å². The zero-order valence-corrected chi connectivity index (χ0v) is 12.7. The number of carbonyl (C=O) groups is 1. The first-order chi connectivity index (χ1) is 10.2. The third kappa shape index (κ3) is 2.83. The van der Waals surface area contributed by atoms with Gasteiger partial charge in [-0.25, -0.2) is 5.01 Å². The molecular formula is C16H23N3O2. The van der Waals surface area contributed by atoms with Gasteiger partial charge in [0, 0.05) is 18.6 Å². The van der Waals surface area contributed by atoms with E-state index >= 15 is 0 Å². The Morgan fingerprint density at radius 3 is 2.86 bits per heavy atom. The molecule has 5 heteroatoms. The van der Waals surface area contributed by atoms with E-state index in [4.69, 9.17) is 4.74 Å². The highest BCUT2D eigenvalue weighted by molar-refractivity contribution is 5.98. The van der Waals surface area contributed by atoms with Crippen LogP contribution in [0.15, 0.2) is 18.2 Å². The summed E-state index contributed by atoms with van der Waals surface area (Å²) in [5, 5.41) is 5.35. The number of hydrazine groups is 1. The molecule has 0 spiro atoms. The molecule has 2 heterocycles. The third-order valence-corrected chi connectivity index (χ3v) is 4.35. The summed E-state index contributed by atoms with van der Waals surface area (Å²) in [6.45, 7) is 5.69. The quantitative estimate of drug-likeness (QED) is 0.878. The summed E-state index contributed by atoms with van der Waals surface area (Å²) in [7, 11) is 0. The van der Waals surface area contributed by atoms with Gasteiger partial charge < -0.3 is 10.1 Å². The molecule has 1 aromatic carbocycles. The standard InChI is InChI=1S/C16H23N3O2/c1-11-5-3-6-12(2)19(11)18-16(20)13-7-4-8-14-15(13)21-10-9-17-14/h4,7-8,11-12,17H,3,5-6,9-10H2,1-2H3,(H,18,20). The average molecular weight is 289 g/mol. The van der Waals surface area contributed by atoms with Crippen LogP contribution >= 0.6 is 0 Å². The van der Waals surface area contributed by atoms with E-state index < -0.39 is 0 Å². The second-order valence-corrected chi connectivity index (χ2v) is 5.93. The minimum absolute atomic E-state index is 0.0869. The number of ether oxygens (including phenoxy) is 1. The predicted octanol–water partition coefficient (Wildman–Crippen LogP) is 2.40. The van der Waals surface area contributed by atoms with Crippen LogP contribution in [0, 0.1) is 0 Å². The molecule has 21 heavy (non-hydrogen) atoms. The Balaban J connectivity index is 1.79. The molecule has 0 aliphatic carbocycles. The lowest BCUT2D eigenvalue weighted by atomic mass is 10.00. The van der Waals surface area contributed by atoms with Crippen LogP contribution in [0.25, 0.3) is 0 Å². The molecule has 2 atom stereocenters. The molecule has 1 fully saturated rings. The van der Waals surface area contributed by atoms with Crippen LogP contribution in [0.4, 0.5) is 5.69 Å². The largest absolute Gasteiger partial charge is 0.489 e. The normalized spacial score (nSPS) is 25.4. The van der Waals surface area contributed by atoms with E-state index in [-0.39, 0.29) is 5.91 Å². The Kier molecular flexibility index (Phi) is 4.01. The van der Waals surface area contributed by atoms with Crippen molar-refractivity contribution >= 4 is 11.6 Å². The summed E-state index contributed by atoms with van der Waals surface area (Å²) in [6, 6.07) is 6.39. The second-order valence-electron chi connectivity index (χ2n) is 5.93. The number of piperidine rings is 1. The van der Waals surface area contributed by atoms with Gasteiger partial charge in [-0.1, -0.05) is 12.5 Å². The minimum Gasteiger partial charge on any atom is -0.489 e. The predicted molar refractivity (Wildman–Crippen MR) is 82.5 cm³/mol. The number of hydrogen-bond donors (Lipinski definition) is 2. The van der Waals surface area contributed by atoms with Gasteiger partial charge in [0.1, 0.15) is 6.61 Å². The molecule has 2 N–H and O–H groups in total. The maximum absolute atomic E-state index is 12.6. The van der Waals surface area contributed by atoms with E-state index in [1.54, 1.807) is 0 Å². The monoisotopic (exact) mass is 289 g/mol. The fourth-order valence-corrected chi connectivity index (χ4v) is 3.17. The molecule has 0 saturated carbocycles. The SMILES string of the molecule is CC1CCCC(C)N1NC(=O)c1cccc2c1OCCN2. The van der Waals surface area contributed by atoms with E-state index in [0.29, 0.717) is 30.0 Å². The van der Waals surface area contributed by atoms with Gasteiger partial charge in [-0.2, -0.15) is 0 Å². The Bertz CT molecular complexity index is 522. The first-order valence-corrected chi connectivity index (χ1v) is 7.76. The maximum Gasteiger partial charge on any atom is 0.269 e. The van der Waals surface area contributed by atoms with E-state index in [1.165, 1.54) is 6.42 Å². The van der Waals surface area contributed by atoms with Crippen molar-refractivity contribution in [2.45, 2.75) is 45.2 Å². The van der Waals surface area contributed by atoms with Crippen LogP contribution < -0.4 is 15.5 Å². The number of rotatable bonds is 2. The van der Waals surface area contributed by atoms with E-state index in [9.17, 15) is 4.79 Å². The van der Waals surface area contributed by atoms with Crippen LogP contribution in [-0.4, -0.2) is 36.2 Å². The number of carbonyl (C=O) groups excluding carboxylic acids is 1. The number of para-hydroxylation sites is 1. The number of fused-ring (bicyclic) bond motifs is 1. The van der Waals surface area contributed by atoms with Crippen LogP contribution in [0.3, 0.4) is 0 Å². The zero-order valence-electron chi connectivity index (χ0n) is 12.7. The molecule has 3 rings (SSSR count). The summed E-state index contributed by atoms with van der Waals surface area (Å²) in [5.41, 5.74) is 4.57. The number of anilines is 1. The van der Waals surface area contributed by atoms with Crippen molar-refractivity contribution in [1.29, 1.82) is 0 Å². The number of hydrogen-bond acceptors (Lipinski definition) is 4. The maximum atomic E-state index is 12.6. The molecule has 1 aromatic rings. The van der Waals surface area contributed by atoms with Crippen molar-refractivity contribution in [3.8, 4) is 5.75 Å². The molecule has 2 aliphatic heterocycles. The molecule has 2 aliphatic rings. The van der Waals surface area contributed by atoms with Gasteiger partial charge >= 0.3 is 0 Å². The number of benzene rings is 1. The second kappa shape index (κ2) is 5.93. The molecule has 0 radical (unpaired) electrons. The third-order valence-electron chi connectivity index (χ3n) is 4.35. The van der Waals surface area contributed by atoms with Crippen LogP contribution in [0.2, 0.25) is 0 Å². The summed E-state index contributed by atoms with van der Waals surface area (Å²) in [4.78, 5) is 12.6. The molecule has 1 amide bonds. The Hall–Kier alpha value is -1.75. The number of nitrogens with zero attached hydrogens (tertiary/aromatic N) is 1. The fourth-order valence-electron chi connectivity index (χ4n) is 3.17. The van der Waals surface area contributed by atoms with Crippen molar-refractivity contribution in [3.63, 3.8) is 0 Å². The summed E-state index contributed by atoms with van der Waals surface area (Å²) in [5.74, 6) is 0.578. The molecule has 1 saturated heterocycles. The summed E-state index contributed by atoms with van der Waals surface area (Å²) >= 11 is 0. The van der Waals surface area contributed by atoms with Crippen molar-refractivity contribution < 1.29 is 9.53 Å². The molecule has 0 bridgehead atoms. The highest BCUT2D eigenvalue weighted by atomic mass is 16.5. The molecule has 114 valence electrons. The first kappa shape index (κ1) is 14.2. The molecule has 2 unspecified atom stereocenters. The summed E-state index contributed by atoms with van der Waals surface area (Å²) < 4.78 is 5.68. The van der Waals surface area contributed by atoms with Gasteiger partial charge in [0.05, 0.1) is 11.3 Å². The van der Waals surface area contributed by atoms with Crippen LogP contribution in [0.5, 0.6) is 5.75 Å². The van der Waals surface area contributed by atoms with Gasteiger partial charge in [0.15, 0.2) is 5.75 Å². The van der Waals surface area contributed by atoms with Crippen molar-refractivity contribution in [2.75, 3.05) is 18.5 Å². The van der Waals surface area contributed by atoms with Crippen LogP contribution in [0.1, 0.15) is 43.5 Å². The first-order valence-electron chi connectivity index (χ1n) is 7.76. The van der Waals surface area contributed by atoms with Gasteiger partial charge in [-0.05, 0) is 38.8 Å². The van der Waals surface area contributed by atoms with Crippen molar-refractivity contribution in [1.82, 2.24) is 10.4 Å². The molecule has 0 aromatic heterocycles. The van der Waals surface area contributed by atoms with Crippen LogP contribution in [-0.2, 0) is 0 Å². The molecular weight excluding hydrogens is 266 g/mol. The summed E-state index contributed by atoms with van der Waals surface area (Å²) in [6.07, 6.45) is 3.47. The van der Waals surface area contributed by atoms with E-state index in [0.717, 1.165) is 25.1 Å². The Labute approximate surface area is 125 Å². The Morgan fingerprint density at radius 1 is 1.33 bits per heavy atom. The van der Waals surface area contributed by atoms with Gasteiger partial charge in [0.25, 0.3) is 5.91 Å². The molecule has 5 nitrogen and oxygen atoms in total. The average Bonchev–Trinajstić information content (AvgIpc) is 2.50. The zero-order chi connectivity index (χ0) is 14.8. The lowest BCUT2D eigenvalue weighted by Gasteiger charge is -2.38. The lowest BCUT2D eigenvalue weighted by Crippen LogP contribution is -2.54. The highest BCUT2D eigenvalue weighted by Crippen LogP contribution is 2.31. The topological polar surface area (TPSA) is 53.6 Å². The minimum atomic E-state index is -0.0869. The smallest absolute Gasteiger partial charge is 0.269 e. The van der Waals surface area contributed by atoms with Gasteiger partial charge in [-0.15, -0.1) is 0 Å². The van der Waals surface area contributed by atoms with Gasteiger partial charge in [0.2, 0.25) is 0 Å². The number of nitrogens with one attached hydrogen (secondary N) is 2.